The molecule has 0 saturated carbocycles. The van der Waals surface area contributed by atoms with Gasteiger partial charge in [0.15, 0.2) is 11.5 Å². The molecule has 0 spiro atoms. The molecule has 5 heteroatoms. The van der Waals surface area contributed by atoms with Gasteiger partial charge in [0.2, 0.25) is 6.79 Å². The Hall–Kier alpha value is -0.780. The van der Waals surface area contributed by atoms with Crippen molar-refractivity contribution in [1.29, 1.82) is 0 Å². The van der Waals surface area contributed by atoms with Crippen LogP contribution >= 0.6 is 15.9 Å². The molecule has 2 atom stereocenters. The first kappa shape index (κ1) is 13.9. The molecule has 114 valence electrons. The highest BCUT2D eigenvalue weighted by atomic mass is 79.9. The van der Waals surface area contributed by atoms with Crippen molar-refractivity contribution in [2.45, 2.75) is 44.3 Å². The number of ether oxygens (including phenoxy) is 2. The highest BCUT2D eigenvalue weighted by Crippen LogP contribution is 2.37. The Labute approximate surface area is 133 Å². The summed E-state index contributed by atoms with van der Waals surface area (Å²) in [5.41, 5.74) is 1.24. The predicted octanol–water partition coefficient (Wildman–Crippen LogP) is 2.89. The standard InChI is InChI=1S/C16H21BrN2O2/c17-12-8-16-15(20-10-21-16)7-11(12)9-18-13-4-6-19-5-2-1-3-14(13)19/h7-8,13-14,18H,1-6,9-10H2. The Balaban J connectivity index is 1.43. The molecule has 0 radical (unpaired) electrons. The van der Waals surface area contributed by atoms with Gasteiger partial charge in [-0.25, -0.2) is 0 Å². The first-order chi connectivity index (χ1) is 10.3. The number of hydrogen-bond donors (Lipinski definition) is 1. The van der Waals surface area contributed by atoms with Gasteiger partial charge in [0, 0.05) is 29.6 Å². The maximum Gasteiger partial charge on any atom is 0.231 e. The summed E-state index contributed by atoms with van der Waals surface area (Å²) in [7, 11) is 0. The molecule has 0 aromatic heterocycles. The van der Waals surface area contributed by atoms with Gasteiger partial charge in [-0.15, -0.1) is 0 Å². The molecular formula is C16H21BrN2O2. The normalized spacial score (nSPS) is 27.9. The third kappa shape index (κ3) is 2.67. The second-order valence-corrected chi connectivity index (χ2v) is 7.03. The second-order valence-electron chi connectivity index (χ2n) is 6.17. The van der Waals surface area contributed by atoms with Crippen molar-refractivity contribution >= 4 is 15.9 Å². The summed E-state index contributed by atoms with van der Waals surface area (Å²) < 4.78 is 12.0. The van der Waals surface area contributed by atoms with Gasteiger partial charge in [-0.2, -0.15) is 0 Å². The molecule has 0 aliphatic carbocycles. The molecular weight excluding hydrogens is 332 g/mol. The fourth-order valence-electron chi connectivity index (χ4n) is 3.82. The van der Waals surface area contributed by atoms with Crippen LogP contribution in [0, 0.1) is 0 Å². The van der Waals surface area contributed by atoms with Crippen LogP contribution in [0.4, 0.5) is 0 Å². The number of hydrogen-bond acceptors (Lipinski definition) is 4. The maximum atomic E-state index is 5.47. The van der Waals surface area contributed by atoms with Gasteiger partial charge in [-0.1, -0.05) is 22.4 Å². The largest absolute Gasteiger partial charge is 0.454 e. The number of nitrogens with zero attached hydrogens (tertiary/aromatic N) is 1. The Morgan fingerprint density at radius 2 is 2.00 bits per heavy atom. The Kier molecular flexibility index (Phi) is 3.81. The molecule has 21 heavy (non-hydrogen) atoms. The summed E-state index contributed by atoms with van der Waals surface area (Å²) in [4.78, 5) is 2.66. The van der Waals surface area contributed by atoms with E-state index >= 15 is 0 Å². The first-order valence-corrected chi connectivity index (χ1v) is 8.66. The molecule has 3 heterocycles. The van der Waals surface area contributed by atoms with E-state index in [1.54, 1.807) is 0 Å². The van der Waals surface area contributed by atoms with E-state index in [2.05, 4.69) is 32.2 Å². The van der Waals surface area contributed by atoms with Gasteiger partial charge in [0.25, 0.3) is 0 Å². The Morgan fingerprint density at radius 1 is 1.14 bits per heavy atom. The summed E-state index contributed by atoms with van der Waals surface area (Å²) in [5, 5.41) is 3.76. The summed E-state index contributed by atoms with van der Waals surface area (Å²) in [6, 6.07) is 5.47. The fraction of sp³-hybridized carbons (Fsp3) is 0.625. The van der Waals surface area contributed by atoms with E-state index in [1.807, 2.05) is 6.07 Å². The summed E-state index contributed by atoms with van der Waals surface area (Å²) in [6.45, 7) is 3.76. The fourth-order valence-corrected chi connectivity index (χ4v) is 4.28. The topological polar surface area (TPSA) is 33.7 Å². The van der Waals surface area contributed by atoms with Crippen LogP contribution in [0.25, 0.3) is 0 Å². The predicted molar refractivity (Wildman–Crippen MR) is 84.7 cm³/mol. The number of benzene rings is 1. The van der Waals surface area contributed by atoms with Crippen LogP contribution in [0.15, 0.2) is 16.6 Å². The van der Waals surface area contributed by atoms with Crippen LogP contribution in [-0.2, 0) is 6.54 Å². The molecule has 0 amide bonds. The number of piperidine rings is 1. The van der Waals surface area contributed by atoms with Crippen LogP contribution in [0.3, 0.4) is 0 Å². The summed E-state index contributed by atoms with van der Waals surface area (Å²) in [5.74, 6) is 1.70. The molecule has 4 rings (SSSR count). The zero-order valence-electron chi connectivity index (χ0n) is 12.1. The zero-order valence-corrected chi connectivity index (χ0v) is 13.7. The summed E-state index contributed by atoms with van der Waals surface area (Å²) >= 11 is 3.64. The van der Waals surface area contributed by atoms with E-state index in [0.29, 0.717) is 12.8 Å². The molecule has 4 nitrogen and oxygen atoms in total. The van der Waals surface area contributed by atoms with Gasteiger partial charge in [0.05, 0.1) is 0 Å². The molecule has 0 bridgehead atoms. The lowest BCUT2D eigenvalue weighted by Crippen LogP contribution is -2.44. The smallest absolute Gasteiger partial charge is 0.231 e. The van der Waals surface area contributed by atoms with Crippen molar-refractivity contribution in [3.8, 4) is 11.5 Å². The molecule has 2 saturated heterocycles. The van der Waals surface area contributed by atoms with E-state index < -0.39 is 0 Å². The molecule has 3 aliphatic rings. The quantitative estimate of drug-likeness (QED) is 0.906. The molecule has 3 aliphatic heterocycles. The third-order valence-corrected chi connectivity index (χ3v) is 5.69. The molecule has 1 N–H and O–H groups in total. The van der Waals surface area contributed by atoms with Gasteiger partial charge in [-0.05, 0) is 43.5 Å². The molecule has 2 fully saturated rings. The highest BCUT2D eigenvalue weighted by Gasteiger charge is 2.35. The lowest BCUT2D eigenvalue weighted by molar-refractivity contribution is 0.174. The van der Waals surface area contributed by atoms with Gasteiger partial charge >= 0.3 is 0 Å². The first-order valence-electron chi connectivity index (χ1n) is 7.87. The molecule has 1 aromatic carbocycles. The Bertz CT molecular complexity index is 537. The molecule has 1 aromatic rings. The minimum Gasteiger partial charge on any atom is -0.454 e. The minimum absolute atomic E-state index is 0.332. The highest BCUT2D eigenvalue weighted by molar-refractivity contribution is 9.10. The number of nitrogens with one attached hydrogen (secondary N) is 1. The van der Waals surface area contributed by atoms with E-state index in [9.17, 15) is 0 Å². The van der Waals surface area contributed by atoms with Crippen molar-refractivity contribution in [1.82, 2.24) is 10.2 Å². The molecule has 2 unspecified atom stereocenters. The van der Waals surface area contributed by atoms with E-state index in [4.69, 9.17) is 9.47 Å². The van der Waals surface area contributed by atoms with Crippen LogP contribution in [0.1, 0.15) is 31.2 Å². The van der Waals surface area contributed by atoms with Gasteiger partial charge in [-0.3, -0.25) is 4.90 Å². The van der Waals surface area contributed by atoms with Gasteiger partial charge < -0.3 is 14.8 Å². The van der Waals surface area contributed by atoms with Crippen molar-refractivity contribution in [2.24, 2.45) is 0 Å². The SMILES string of the molecule is Brc1cc2c(cc1CNC1CCN3CCCCC13)OCO2. The number of fused-ring (bicyclic) bond motifs is 2. The van der Waals surface area contributed by atoms with Crippen LogP contribution in [0.5, 0.6) is 11.5 Å². The van der Waals surface area contributed by atoms with Crippen molar-refractivity contribution in [2.75, 3.05) is 19.9 Å². The van der Waals surface area contributed by atoms with Gasteiger partial charge in [0.1, 0.15) is 0 Å². The number of rotatable bonds is 3. The average Bonchev–Trinajstić information content (AvgIpc) is 3.11. The van der Waals surface area contributed by atoms with Crippen molar-refractivity contribution in [3.63, 3.8) is 0 Å². The Morgan fingerprint density at radius 3 is 2.90 bits per heavy atom. The van der Waals surface area contributed by atoms with Crippen molar-refractivity contribution in [3.05, 3.63) is 22.2 Å². The average molecular weight is 353 g/mol. The minimum atomic E-state index is 0.332. The van der Waals surface area contributed by atoms with Crippen LogP contribution in [0.2, 0.25) is 0 Å². The van der Waals surface area contributed by atoms with Crippen LogP contribution < -0.4 is 14.8 Å². The van der Waals surface area contributed by atoms with E-state index in [0.717, 1.165) is 28.6 Å². The zero-order chi connectivity index (χ0) is 14.2. The number of halogens is 1. The lowest BCUT2D eigenvalue weighted by atomic mass is 9.99. The maximum absolute atomic E-state index is 5.47. The monoisotopic (exact) mass is 352 g/mol. The third-order valence-electron chi connectivity index (χ3n) is 4.95. The van der Waals surface area contributed by atoms with E-state index in [1.165, 1.54) is 44.3 Å². The lowest BCUT2D eigenvalue weighted by Gasteiger charge is -2.32. The summed E-state index contributed by atoms with van der Waals surface area (Å²) in [6.07, 6.45) is 5.37. The van der Waals surface area contributed by atoms with E-state index in [-0.39, 0.29) is 0 Å². The van der Waals surface area contributed by atoms with Crippen LogP contribution in [-0.4, -0.2) is 36.9 Å². The second kappa shape index (κ2) is 5.78. The van der Waals surface area contributed by atoms with Crippen molar-refractivity contribution < 1.29 is 9.47 Å².